The quantitative estimate of drug-likeness (QED) is 0.279. The summed E-state index contributed by atoms with van der Waals surface area (Å²) in [7, 11) is 3.47. The fraction of sp³-hybridized carbons (Fsp3) is 0.565. The van der Waals surface area contributed by atoms with Crippen LogP contribution >= 0.6 is 24.0 Å². The first kappa shape index (κ1) is 27.2. The topological polar surface area (TPSA) is 74.9 Å². The number of methoxy groups -OCH3 is 1. The summed E-state index contributed by atoms with van der Waals surface area (Å²) in [6.07, 6.45) is 1.80. The van der Waals surface area contributed by atoms with Gasteiger partial charge in [-0.1, -0.05) is 46.8 Å². The Hall–Kier alpha value is -1.81. The first-order valence-electron chi connectivity index (χ1n) is 10.6. The van der Waals surface area contributed by atoms with E-state index < -0.39 is 0 Å². The third-order valence-electron chi connectivity index (χ3n) is 5.12. The van der Waals surface area contributed by atoms with Gasteiger partial charge in [-0.25, -0.2) is 4.98 Å². The highest BCUT2D eigenvalue weighted by Gasteiger charge is 2.20. The van der Waals surface area contributed by atoms with Crippen molar-refractivity contribution in [2.45, 2.75) is 52.6 Å². The Morgan fingerprint density at radius 1 is 1.23 bits per heavy atom. The van der Waals surface area contributed by atoms with Gasteiger partial charge in [0.05, 0.1) is 25.9 Å². The van der Waals surface area contributed by atoms with Crippen molar-refractivity contribution in [3.8, 4) is 5.75 Å². The van der Waals surface area contributed by atoms with Crippen LogP contribution in [0.1, 0.15) is 57.9 Å². The molecule has 0 amide bonds. The summed E-state index contributed by atoms with van der Waals surface area (Å²) in [5.41, 5.74) is 1.15. The molecule has 1 aromatic heterocycles. The normalized spacial score (nSPS) is 13.0. The zero-order valence-electron chi connectivity index (χ0n) is 19.9. The average Bonchev–Trinajstić information content (AvgIpc) is 3.23. The molecule has 0 spiro atoms. The number of aliphatic imine (C=N–C) groups is 1. The van der Waals surface area contributed by atoms with E-state index in [4.69, 9.17) is 9.15 Å². The molecule has 1 atom stereocenters. The molecule has 0 aliphatic heterocycles. The molecule has 2 rings (SSSR count). The van der Waals surface area contributed by atoms with Crippen LogP contribution in [-0.2, 0) is 12.0 Å². The maximum atomic E-state index is 5.86. The lowest BCUT2D eigenvalue weighted by molar-refractivity contribution is 0.218. The van der Waals surface area contributed by atoms with Crippen LogP contribution in [0.4, 0.5) is 0 Å². The van der Waals surface area contributed by atoms with E-state index in [-0.39, 0.29) is 35.4 Å². The minimum Gasteiger partial charge on any atom is -0.497 e. The minimum atomic E-state index is -0.0566. The van der Waals surface area contributed by atoms with E-state index in [1.165, 1.54) is 5.56 Å². The number of nitrogens with one attached hydrogen (secondary N) is 2. The summed E-state index contributed by atoms with van der Waals surface area (Å²) in [6.45, 7) is 13.8. The van der Waals surface area contributed by atoms with Crippen molar-refractivity contribution < 1.29 is 9.15 Å². The molecule has 8 heteroatoms. The van der Waals surface area contributed by atoms with E-state index in [1.54, 1.807) is 20.4 Å². The number of hydrogen-bond acceptors (Lipinski definition) is 5. The molecule has 7 nitrogen and oxygen atoms in total. The molecule has 174 valence electrons. The molecular weight excluding hydrogens is 505 g/mol. The molecule has 2 N–H and O–H groups in total. The Morgan fingerprint density at radius 2 is 1.94 bits per heavy atom. The summed E-state index contributed by atoms with van der Waals surface area (Å²) in [4.78, 5) is 11.1. The molecule has 31 heavy (non-hydrogen) atoms. The SMILES string of the molecule is CCN(CC)C(CNC(=NC)NCc1ncc(C(C)(C)C)o1)c1cccc(OC)c1.I. The van der Waals surface area contributed by atoms with Crippen molar-refractivity contribution in [2.75, 3.05) is 33.8 Å². The van der Waals surface area contributed by atoms with Gasteiger partial charge in [-0.15, -0.1) is 24.0 Å². The molecule has 0 saturated heterocycles. The minimum absolute atomic E-state index is 0. The predicted octanol–water partition coefficient (Wildman–Crippen LogP) is 4.35. The third-order valence-corrected chi connectivity index (χ3v) is 5.12. The number of nitrogens with zero attached hydrogens (tertiary/aromatic N) is 3. The van der Waals surface area contributed by atoms with E-state index in [2.05, 4.69) is 72.3 Å². The second kappa shape index (κ2) is 12.9. The smallest absolute Gasteiger partial charge is 0.213 e. The largest absolute Gasteiger partial charge is 0.497 e. The summed E-state index contributed by atoms with van der Waals surface area (Å²) in [6, 6.07) is 8.44. The lowest BCUT2D eigenvalue weighted by atomic mass is 9.94. The highest BCUT2D eigenvalue weighted by atomic mass is 127. The zero-order valence-corrected chi connectivity index (χ0v) is 22.2. The van der Waals surface area contributed by atoms with Gasteiger partial charge in [0.1, 0.15) is 11.5 Å². The van der Waals surface area contributed by atoms with Gasteiger partial charge in [0.2, 0.25) is 5.89 Å². The number of benzene rings is 1. The number of aromatic nitrogens is 1. The van der Waals surface area contributed by atoms with Crippen LogP contribution in [0.15, 0.2) is 39.9 Å². The van der Waals surface area contributed by atoms with E-state index in [0.29, 0.717) is 24.9 Å². The van der Waals surface area contributed by atoms with E-state index in [9.17, 15) is 0 Å². The van der Waals surface area contributed by atoms with Crippen LogP contribution in [0.3, 0.4) is 0 Å². The molecule has 0 fully saturated rings. The summed E-state index contributed by atoms with van der Waals surface area (Å²) in [5, 5.41) is 6.74. The zero-order chi connectivity index (χ0) is 22.1. The van der Waals surface area contributed by atoms with Crippen LogP contribution < -0.4 is 15.4 Å². The highest BCUT2D eigenvalue weighted by Crippen LogP contribution is 2.24. The van der Waals surface area contributed by atoms with Crippen LogP contribution in [0, 0.1) is 0 Å². The van der Waals surface area contributed by atoms with E-state index in [1.807, 2.05) is 12.1 Å². The maximum Gasteiger partial charge on any atom is 0.213 e. The van der Waals surface area contributed by atoms with Gasteiger partial charge in [-0.2, -0.15) is 0 Å². The molecule has 0 aliphatic carbocycles. The van der Waals surface area contributed by atoms with Crippen molar-refractivity contribution in [3.63, 3.8) is 0 Å². The molecule has 1 unspecified atom stereocenters. The third kappa shape index (κ3) is 7.99. The monoisotopic (exact) mass is 543 g/mol. The van der Waals surface area contributed by atoms with Crippen molar-refractivity contribution >= 4 is 29.9 Å². The highest BCUT2D eigenvalue weighted by molar-refractivity contribution is 14.0. The number of likely N-dealkylation sites (N-methyl/N-ethyl adjacent to an activating group) is 1. The number of hydrogen-bond donors (Lipinski definition) is 2. The second-order valence-electron chi connectivity index (χ2n) is 8.19. The standard InChI is InChI=1S/C23H37N5O2.HI/c1-8-28(9-2)19(17-11-10-12-18(13-17)29-7)14-26-22(24-6)27-16-21-25-15-20(30-21)23(3,4)5;/h10-13,15,19H,8-9,14,16H2,1-7H3,(H2,24,26,27);1H. The molecule has 1 aromatic carbocycles. The number of oxazole rings is 1. The summed E-state index contributed by atoms with van der Waals surface area (Å²) in [5.74, 6) is 3.11. The number of guanidine groups is 1. The Balaban J connectivity index is 0.00000480. The van der Waals surface area contributed by atoms with Crippen molar-refractivity contribution in [3.05, 3.63) is 47.7 Å². The lowest BCUT2D eigenvalue weighted by Crippen LogP contribution is -2.43. The van der Waals surface area contributed by atoms with Gasteiger partial charge in [0.25, 0.3) is 0 Å². The fourth-order valence-corrected chi connectivity index (χ4v) is 3.28. The fourth-order valence-electron chi connectivity index (χ4n) is 3.28. The molecular formula is C23H38IN5O2. The van der Waals surface area contributed by atoms with Gasteiger partial charge in [0, 0.05) is 19.0 Å². The molecule has 0 saturated carbocycles. The Labute approximate surface area is 204 Å². The Kier molecular flexibility index (Phi) is 11.3. The van der Waals surface area contributed by atoms with Gasteiger partial charge in [-0.05, 0) is 30.8 Å². The van der Waals surface area contributed by atoms with E-state index >= 15 is 0 Å². The van der Waals surface area contributed by atoms with Gasteiger partial charge in [-0.3, -0.25) is 9.89 Å². The van der Waals surface area contributed by atoms with Gasteiger partial charge < -0.3 is 19.8 Å². The van der Waals surface area contributed by atoms with E-state index in [0.717, 1.165) is 24.6 Å². The number of halogens is 1. The van der Waals surface area contributed by atoms with Crippen molar-refractivity contribution in [1.29, 1.82) is 0 Å². The summed E-state index contributed by atoms with van der Waals surface area (Å²) >= 11 is 0. The van der Waals surface area contributed by atoms with Crippen LogP contribution in [-0.4, -0.2) is 49.6 Å². The van der Waals surface area contributed by atoms with Gasteiger partial charge >= 0.3 is 0 Å². The van der Waals surface area contributed by atoms with Gasteiger partial charge in [0.15, 0.2) is 5.96 Å². The Morgan fingerprint density at radius 3 is 2.48 bits per heavy atom. The Bertz CT molecular complexity index is 812. The molecule has 0 aliphatic rings. The number of ether oxygens (including phenoxy) is 1. The maximum absolute atomic E-state index is 5.86. The molecule has 0 bridgehead atoms. The van der Waals surface area contributed by atoms with Crippen LogP contribution in [0.2, 0.25) is 0 Å². The lowest BCUT2D eigenvalue weighted by Gasteiger charge is -2.31. The van der Waals surface area contributed by atoms with Crippen molar-refractivity contribution in [2.24, 2.45) is 4.99 Å². The predicted molar refractivity (Wildman–Crippen MR) is 137 cm³/mol. The summed E-state index contributed by atoms with van der Waals surface area (Å²) < 4.78 is 11.3. The molecule has 0 radical (unpaired) electrons. The molecule has 1 heterocycles. The second-order valence-corrected chi connectivity index (χ2v) is 8.19. The van der Waals surface area contributed by atoms with Crippen LogP contribution in [0.25, 0.3) is 0 Å². The molecule has 2 aromatic rings. The first-order valence-corrected chi connectivity index (χ1v) is 10.6. The first-order chi connectivity index (χ1) is 14.3. The average molecular weight is 543 g/mol. The van der Waals surface area contributed by atoms with Crippen LogP contribution in [0.5, 0.6) is 5.75 Å². The number of rotatable bonds is 9. The van der Waals surface area contributed by atoms with Crippen molar-refractivity contribution in [1.82, 2.24) is 20.5 Å².